The minimum absolute atomic E-state index is 0.318. The van der Waals surface area contributed by atoms with Crippen molar-refractivity contribution in [3.8, 4) is 28.5 Å². The van der Waals surface area contributed by atoms with Crippen molar-refractivity contribution in [2.45, 2.75) is 26.0 Å². The number of para-hydroxylation sites is 1. The van der Waals surface area contributed by atoms with E-state index >= 15 is 0 Å². The average molecular weight is 478 g/mol. The van der Waals surface area contributed by atoms with Crippen LogP contribution in [0.15, 0.2) is 61.3 Å². The van der Waals surface area contributed by atoms with Crippen molar-refractivity contribution >= 4 is 27.8 Å². The molecule has 5 aromatic heterocycles. The van der Waals surface area contributed by atoms with E-state index < -0.39 is 6.23 Å². The molecule has 1 aliphatic rings. The summed E-state index contributed by atoms with van der Waals surface area (Å²) >= 11 is 0. The number of aromatic amines is 2. The number of pyridine rings is 2. The maximum atomic E-state index is 10.3. The number of aromatic nitrogens is 8. The minimum Gasteiger partial charge on any atom is -0.374 e. The van der Waals surface area contributed by atoms with Gasteiger partial charge in [-0.1, -0.05) is 6.07 Å². The summed E-state index contributed by atoms with van der Waals surface area (Å²) in [5.41, 5.74) is 8.14. The molecule has 1 aromatic carbocycles. The third kappa shape index (κ3) is 3.59. The first-order valence-corrected chi connectivity index (χ1v) is 11.9. The van der Waals surface area contributed by atoms with E-state index in [1.165, 1.54) is 0 Å². The molecule has 0 amide bonds. The van der Waals surface area contributed by atoms with Crippen LogP contribution in [0.4, 0.5) is 5.69 Å². The second kappa shape index (κ2) is 7.99. The first kappa shape index (κ1) is 20.8. The Morgan fingerprint density at radius 3 is 2.83 bits per heavy atom. The van der Waals surface area contributed by atoms with Gasteiger partial charge in [-0.25, -0.2) is 15.0 Å². The molecule has 1 saturated carbocycles. The van der Waals surface area contributed by atoms with Crippen LogP contribution >= 0.6 is 0 Å². The number of hydrogen-bond donors (Lipinski definition) is 4. The Balaban J connectivity index is 1.28. The predicted molar refractivity (Wildman–Crippen MR) is 136 cm³/mol. The topological polar surface area (TPSA) is 133 Å². The number of fused-ring (bicyclic) bond motifs is 2. The van der Waals surface area contributed by atoms with Crippen LogP contribution in [0.25, 0.3) is 50.5 Å². The van der Waals surface area contributed by atoms with Crippen LogP contribution in [0, 0.1) is 12.8 Å². The molecule has 4 N–H and O–H groups in total. The highest BCUT2D eigenvalue weighted by Gasteiger charge is 2.29. The lowest BCUT2D eigenvalue weighted by molar-refractivity contribution is 0.180. The molecule has 10 heteroatoms. The van der Waals surface area contributed by atoms with E-state index in [0.717, 1.165) is 57.7 Å². The van der Waals surface area contributed by atoms with Gasteiger partial charge in [0.2, 0.25) is 0 Å². The smallest absolute Gasteiger partial charge is 0.161 e. The molecule has 1 fully saturated rings. The zero-order valence-corrected chi connectivity index (χ0v) is 19.5. The SMILES string of the molecule is Cc1cn(-c2cccc3[nH]c(-c4n[nH]c5ccc(-c6cncc(NC(O)C7CC7)c6)nc45)nc23)cn1. The second-order valence-electron chi connectivity index (χ2n) is 9.23. The van der Waals surface area contributed by atoms with E-state index in [1.807, 2.05) is 54.1 Å². The number of anilines is 1. The summed E-state index contributed by atoms with van der Waals surface area (Å²) in [6.45, 7) is 1.96. The number of aliphatic hydroxyl groups is 1. The van der Waals surface area contributed by atoms with Crippen LogP contribution in [0.5, 0.6) is 0 Å². The molecule has 5 heterocycles. The Labute approximate surface area is 205 Å². The monoisotopic (exact) mass is 477 g/mol. The van der Waals surface area contributed by atoms with E-state index in [0.29, 0.717) is 23.0 Å². The molecule has 0 radical (unpaired) electrons. The number of rotatable bonds is 6. The van der Waals surface area contributed by atoms with Crippen molar-refractivity contribution in [1.29, 1.82) is 0 Å². The van der Waals surface area contributed by atoms with Crippen molar-refractivity contribution in [3.63, 3.8) is 0 Å². The molecular formula is C26H23N9O. The number of nitrogens with one attached hydrogen (secondary N) is 3. The third-order valence-electron chi connectivity index (χ3n) is 6.53. The molecule has 7 rings (SSSR count). The number of aryl methyl sites for hydroxylation is 1. The van der Waals surface area contributed by atoms with Crippen LogP contribution in [0.3, 0.4) is 0 Å². The molecular weight excluding hydrogens is 454 g/mol. The Bertz CT molecular complexity index is 1730. The maximum absolute atomic E-state index is 10.3. The summed E-state index contributed by atoms with van der Waals surface area (Å²) in [4.78, 5) is 21.9. The zero-order chi connectivity index (χ0) is 24.2. The molecule has 6 aromatic rings. The standard InChI is InChI=1S/C26H23N9O/c1-14-12-35(13-28-14)21-4-2-3-19-22(21)32-25(31-19)24-23-20(33-34-24)8-7-18(30-23)16-9-17(11-27-10-16)29-26(36)15-5-6-15/h2-4,7-13,15,26,29,36H,5-6H2,1H3,(H,31,32)(H,33,34). The lowest BCUT2D eigenvalue weighted by Gasteiger charge is -2.13. The number of benzene rings is 1. The fraction of sp³-hybridized carbons (Fsp3) is 0.192. The van der Waals surface area contributed by atoms with Gasteiger partial charge in [0.15, 0.2) is 11.5 Å². The Hall–Kier alpha value is -4.57. The van der Waals surface area contributed by atoms with E-state index in [1.54, 1.807) is 18.7 Å². The van der Waals surface area contributed by atoms with Crippen molar-refractivity contribution in [2.75, 3.05) is 5.32 Å². The van der Waals surface area contributed by atoms with Crippen LogP contribution in [-0.2, 0) is 0 Å². The van der Waals surface area contributed by atoms with E-state index in [9.17, 15) is 5.11 Å². The molecule has 178 valence electrons. The number of H-pyrrole nitrogens is 2. The highest BCUT2D eigenvalue weighted by molar-refractivity contribution is 5.93. The Morgan fingerprint density at radius 1 is 1.08 bits per heavy atom. The van der Waals surface area contributed by atoms with Gasteiger partial charge in [-0.15, -0.1) is 0 Å². The molecule has 0 aliphatic heterocycles. The van der Waals surface area contributed by atoms with E-state index in [4.69, 9.17) is 9.97 Å². The minimum atomic E-state index is -0.554. The largest absolute Gasteiger partial charge is 0.374 e. The molecule has 1 aliphatic carbocycles. The van der Waals surface area contributed by atoms with Gasteiger partial charge < -0.3 is 20.0 Å². The number of aliphatic hydroxyl groups excluding tert-OH is 1. The quantitative estimate of drug-likeness (QED) is 0.264. The molecule has 36 heavy (non-hydrogen) atoms. The van der Waals surface area contributed by atoms with Crippen LogP contribution in [-0.4, -0.2) is 51.0 Å². The lowest BCUT2D eigenvalue weighted by Crippen LogP contribution is -2.20. The van der Waals surface area contributed by atoms with Gasteiger partial charge in [0.1, 0.15) is 17.3 Å². The van der Waals surface area contributed by atoms with Crippen LogP contribution in [0.2, 0.25) is 0 Å². The summed E-state index contributed by atoms with van der Waals surface area (Å²) in [6.07, 6.45) is 8.79. The highest BCUT2D eigenvalue weighted by atomic mass is 16.3. The van der Waals surface area contributed by atoms with Crippen LogP contribution < -0.4 is 5.32 Å². The summed E-state index contributed by atoms with van der Waals surface area (Å²) in [5.74, 6) is 0.949. The first-order valence-electron chi connectivity index (χ1n) is 11.9. The zero-order valence-electron chi connectivity index (χ0n) is 19.5. The van der Waals surface area contributed by atoms with Crippen LogP contribution in [0.1, 0.15) is 18.5 Å². The van der Waals surface area contributed by atoms with Crippen molar-refractivity contribution in [2.24, 2.45) is 5.92 Å². The number of hydrogen-bond acceptors (Lipinski definition) is 7. The van der Waals surface area contributed by atoms with E-state index in [-0.39, 0.29) is 0 Å². The normalized spacial score (nSPS) is 14.5. The molecule has 1 unspecified atom stereocenters. The molecule has 0 spiro atoms. The van der Waals surface area contributed by atoms with Gasteiger partial charge in [0.05, 0.1) is 46.3 Å². The summed E-state index contributed by atoms with van der Waals surface area (Å²) in [5, 5.41) is 21.0. The van der Waals surface area contributed by atoms with Crippen molar-refractivity contribution in [1.82, 2.24) is 39.7 Å². The Morgan fingerprint density at radius 2 is 2.00 bits per heavy atom. The molecule has 0 saturated heterocycles. The predicted octanol–water partition coefficient (Wildman–Crippen LogP) is 4.20. The summed E-state index contributed by atoms with van der Waals surface area (Å²) < 4.78 is 1.97. The van der Waals surface area contributed by atoms with Gasteiger partial charge in [-0.2, -0.15) is 5.10 Å². The third-order valence-corrected chi connectivity index (χ3v) is 6.53. The van der Waals surface area contributed by atoms with Gasteiger partial charge >= 0.3 is 0 Å². The van der Waals surface area contributed by atoms with Gasteiger partial charge in [0.25, 0.3) is 0 Å². The average Bonchev–Trinajstić information content (AvgIpc) is 3.30. The fourth-order valence-corrected chi connectivity index (χ4v) is 4.47. The van der Waals surface area contributed by atoms with Gasteiger partial charge in [-0.05, 0) is 50.1 Å². The lowest BCUT2D eigenvalue weighted by atomic mass is 10.1. The second-order valence-corrected chi connectivity index (χ2v) is 9.23. The molecule has 0 bridgehead atoms. The van der Waals surface area contributed by atoms with Gasteiger partial charge in [0, 0.05) is 23.9 Å². The maximum Gasteiger partial charge on any atom is 0.161 e. The molecule has 10 nitrogen and oxygen atoms in total. The highest BCUT2D eigenvalue weighted by Crippen LogP contribution is 2.34. The number of imidazole rings is 2. The van der Waals surface area contributed by atoms with Crippen molar-refractivity contribution < 1.29 is 5.11 Å². The fourth-order valence-electron chi connectivity index (χ4n) is 4.47. The summed E-state index contributed by atoms with van der Waals surface area (Å²) in [6, 6.07) is 11.8. The van der Waals surface area contributed by atoms with E-state index in [2.05, 4.69) is 30.5 Å². The molecule has 1 atom stereocenters. The Kier molecular flexibility index (Phi) is 4.61. The number of nitrogens with zero attached hydrogens (tertiary/aromatic N) is 6. The van der Waals surface area contributed by atoms with Crippen molar-refractivity contribution in [3.05, 3.63) is 67.0 Å². The van der Waals surface area contributed by atoms with Gasteiger partial charge in [-0.3, -0.25) is 10.1 Å². The first-order chi connectivity index (χ1) is 17.6. The summed E-state index contributed by atoms with van der Waals surface area (Å²) in [7, 11) is 0.